The molecule has 1 fully saturated rings. The number of aryl methyl sites for hydroxylation is 1. The van der Waals surface area contributed by atoms with Crippen molar-refractivity contribution in [1.82, 2.24) is 0 Å². The van der Waals surface area contributed by atoms with E-state index in [1.54, 1.807) is 6.92 Å². The zero-order chi connectivity index (χ0) is 12.6. The van der Waals surface area contributed by atoms with Gasteiger partial charge in [0, 0.05) is 11.1 Å². The largest absolute Gasteiger partial charge is 0.504 e. The quantitative estimate of drug-likeness (QED) is 0.847. The minimum atomic E-state index is -0.528. The first-order chi connectivity index (χ1) is 7.97. The first-order valence-electron chi connectivity index (χ1n) is 5.81. The Morgan fingerprint density at radius 2 is 2.18 bits per heavy atom. The number of nitrogens with two attached hydrogens (primary N) is 1. The maximum atomic E-state index is 13.5. The van der Waals surface area contributed by atoms with Crippen molar-refractivity contribution >= 4 is 0 Å². The van der Waals surface area contributed by atoms with Crippen LogP contribution < -0.4 is 10.5 Å². The molecule has 0 unspecified atom stereocenters. The van der Waals surface area contributed by atoms with Crippen molar-refractivity contribution in [1.29, 1.82) is 0 Å². The lowest BCUT2D eigenvalue weighted by Gasteiger charge is -2.14. The molecule has 3 nitrogen and oxygen atoms in total. The van der Waals surface area contributed by atoms with Crippen LogP contribution in [-0.4, -0.2) is 17.8 Å². The number of ether oxygens (including phenoxy) is 1. The molecule has 0 saturated heterocycles. The topological polar surface area (TPSA) is 55.5 Å². The van der Waals surface area contributed by atoms with E-state index in [-0.39, 0.29) is 17.0 Å². The molecule has 1 saturated carbocycles. The van der Waals surface area contributed by atoms with Crippen molar-refractivity contribution in [2.24, 2.45) is 5.73 Å². The molecule has 17 heavy (non-hydrogen) atoms. The summed E-state index contributed by atoms with van der Waals surface area (Å²) in [5.74, 6) is -0.693. The number of hydrogen-bond donors (Lipinski definition) is 2. The Labute approximate surface area is 100 Å². The summed E-state index contributed by atoms with van der Waals surface area (Å²) in [4.78, 5) is 0. The van der Waals surface area contributed by atoms with Crippen LogP contribution in [0.5, 0.6) is 11.5 Å². The SMILES string of the molecule is COc1c(F)cc(C)c(CCC2(N)CC2)c1O. The molecule has 2 rings (SSSR count). The Hall–Kier alpha value is -1.29. The van der Waals surface area contributed by atoms with Crippen LogP contribution in [-0.2, 0) is 6.42 Å². The summed E-state index contributed by atoms with van der Waals surface area (Å²) < 4.78 is 18.3. The minimum Gasteiger partial charge on any atom is -0.504 e. The van der Waals surface area contributed by atoms with Crippen LogP contribution in [0, 0.1) is 12.7 Å². The third kappa shape index (κ3) is 2.36. The van der Waals surface area contributed by atoms with Crippen LogP contribution in [0.15, 0.2) is 6.07 Å². The van der Waals surface area contributed by atoms with Gasteiger partial charge in [0.25, 0.3) is 0 Å². The molecule has 0 aliphatic heterocycles. The highest BCUT2D eigenvalue weighted by Gasteiger charge is 2.37. The van der Waals surface area contributed by atoms with Crippen molar-refractivity contribution in [2.75, 3.05) is 7.11 Å². The lowest BCUT2D eigenvalue weighted by Crippen LogP contribution is -2.22. The van der Waals surface area contributed by atoms with Gasteiger partial charge >= 0.3 is 0 Å². The van der Waals surface area contributed by atoms with Crippen molar-refractivity contribution in [3.8, 4) is 11.5 Å². The molecule has 94 valence electrons. The molecule has 0 spiro atoms. The third-order valence-electron chi connectivity index (χ3n) is 3.51. The number of benzene rings is 1. The minimum absolute atomic E-state index is 0.0689. The number of phenolic OH excluding ortho intramolecular Hbond substituents is 1. The van der Waals surface area contributed by atoms with Gasteiger partial charge in [-0.05, 0) is 44.2 Å². The smallest absolute Gasteiger partial charge is 0.196 e. The Morgan fingerprint density at radius 1 is 1.53 bits per heavy atom. The fourth-order valence-electron chi connectivity index (χ4n) is 2.07. The van der Waals surface area contributed by atoms with Crippen molar-refractivity contribution in [3.05, 3.63) is 23.0 Å². The van der Waals surface area contributed by atoms with Crippen LogP contribution >= 0.6 is 0 Å². The van der Waals surface area contributed by atoms with Gasteiger partial charge in [-0.15, -0.1) is 0 Å². The molecule has 1 aromatic carbocycles. The number of hydrogen-bond acceptors (Lipinski definition) is 3. The van der Waals surface area contributed by atoms with Crippen LogP contribution in [0.4, 0.5) is 4.39 Å². The number of methoxy groups -OCH3 is 1. The highest BCUT2D eigenvalue weighted by Crippen LogP contribution is 2.40. The van der Waals surface area contributed by atoms with E-state index in [9.17, 15) is 9.50 Å². The second-order valence-electron chi connectivity index (χ2n) is 4.90. The Bertz CT molecular complexity index is 442. The predicted octanol–water partition coefficient (Wildman–Crippen LogP) is 2.27. The molecule has 0 bridgehead atoms. The Balaban J connectivity index is 2.25. The summed E-state index contributed by atoms with van der Waals surface area (Å²) >= 11 is 0. The average molecular weight is 239 g/mol. The van der Waals surface area contributed by atoms with E-state index in [1.807, 2.05) is 0 Å². The highest BCUT2D eigenvalue weighted by molar-refractivity contribution is 5.50. The fraction of sp³-hybridized carbons (Fsp3) is 0.538. The van der Waals surface area contributed by atoms with E-state index in [2.05, 4.69) is 0 Å². The van der Waals surface area contributed by atoms with Crippen LogP contribution in [0.3, 0.4) is 0 Å². The molecule has 3 N–H and O–H groups in total. The molecular formula is C13H18FNO2. The summed E-state index contributed by atoms with van der Waals surface area (Å²) in [6, 6.07) is 1.39. The number of rotatable bonds is 4. The maximum Gasteiger partial charge on any atom is 0.196 e. The van der Waals surface area contributed by atoms with Crippen molar-refractivity contribution in [3.63, 3.8) is 0 Å². The molecular weight excluding hydrogens is 221 g/mol. The summed E-state index contributed by atoms with van der Waals surface area (Å²) in [5, 5.41) is 9.96. The van der Waals surface area contributed by atoms with Gasteiger partial charge in [0.05, 0.1) is 7.11 Å². The van der Waals surface area contributed by atoms with E-state index in [0.29, 0.717) is 6.42 Å². The van der Waals surface area contributed by atoms with Gasteiger partial charge in [-0.3, -0.25) is 0 Å². The summed E-state index contributed by atoms with van der Waals surface area (Å²) in [7, 11) is 1.35. The molecule has 4 heteroatoms. The Morgan fingerprint density at radius 3 is 2.71 bits per heavy atom. The lowest BCUT2D eigenvalue weighted by molar-refractivity contribution is 0.347. The van der Waals surface area contributed by atoms with Gasteiger partial charge in [-0.25, -0.2) is 4.39 Å². The zero-order valence-electron chi connectivity index (χ0n) is 10.2. The summed E-state index contributed by atoms with van der Waals surface area (Å²) in [6.45, 7) is 1.79. The molecule has 0 heterocycles. The van der Waals surface area contributed by atoms with Gasteiger partial charge in [-0.1, -0.05) is 0 Å². The van der Waals surface area contributed by atoms with Crippen molar-refractivity contribution < 1.29 is 14.2 Å². The number of halogens is 1. The molecule has 0 aromatic heterocycles. The molecule has 0 radical (unpaired) electrons. The number of phenols is 1. The summed E-state index contributed by atoms with van der Waals surface area (Å²) in [5.41, 5.74) is 7.42. The molecule has 1 aliphatic rings. The van der Waals surface area contributed by atoms with E-state index >= 15 is 0 Å². The van der Waals surface area contributed by atoms with E-state index in [4.69, 9.17) is 10.5 Å². The van der Waals surface area contributed by atoms with Gasteiger partial charge in [0.2, 0.25) is 0 Å². The Kier molecular flexibility index (Phi) is 3.00. The predicted molar refractivity (Wildman–Crippen MR) is 63.8 cm³/mol. The normalized spacial score (nSPS) is 16.9. The molecule has 1 aromatic rings. The molecule has 0 amide bonds. The van der Waals surface area contributed by atoms with Gasteiger partial charge in [0.15, 0.2) is 17.3 Å². The van der Waals surface area contributed by atoms with Crippen LogP contribution in [0.25, 0.3) is 0 Å². The molecule has 0 atom stereocenters. The zero-order valence-corrected chi connectivity index (χ0v) is 10.2. The van der Waals surface area contributed by atoms with Gasteiger partial charge < -0.3 is 15.6 Å². The second kappa shape index (κ2) is 4.18. The van der Waals surface area contributed by atoms with Gasteiger partial charge in [0.1, 0.15) is 0 Å². The van der Waals surface area contributed by atoms with E-state index in [0.717, 1.165) is 30.4 Å². The van der Waals surface area contributed by atoms with Crippen LogP contribution in [0.2, 0.25) is 0 Å². The first-order valence-corrected chi connectivity index (χ1v) is 5.81. The molecule has 1 aliphatic carbocycles. The second-order valence-corrected chi connectivity index (χ2v) is 4.90. The highest BCUT2D eigenvalue weighted by atomic mass is 19.1. The first kappa shape index (κ1) is 12.2. The standard InChI is InChI=1S/C13H18FNO2/c1-8-7-10(14)12(17-2)11(16)9(8)3-4-13(15)5-6-13/h7,16H,3-6,15H2,1-2H3. The van der Waals surface area contributed by atoms with Crippen molar-refractivity contribution in [2.45, 2.75) is 38.1 Å². The lowest BCUT2D eigenvalue weighted by atomic mass is 9.98. The average Bonchev–Trinajstić information content (AvgIpc) is 2.96. The van der Waals surface area contributed by atoms with E-state index < -0.39 is 5.82 Å². The third-order valence-corrected chi connectivity index (χ3v) is 3.51. The fourth-order valence-corrected chi connectivity index (χ4v) is 2.07. The number of aromatic hydroxyl groups is 1. The van der Waals surface area contributed by atoms with Gasteiger partial charge in [-0.2, -0.15) is 0 Å². The van der Waals surface area contributed by atoms with Crippen LogP contribution in [0.1, 0.15) is 30.4 Å². The van der Waals surface area contributed by atoms with E-state index in [1.165, 1.54) is 13.2 Å². The maximum absolute atomic E-state index is 13.5. The summed E-state index contributed by atoms with van der Waals surface area (Å²) in [6.07, 6.45) is 3.54. The monoisotopic (exact) mass is 239 g/mol.